The van der Waals surface area contributed by atoms with Gasteiger partial charge in [0.2, 0.25) is 5.91 Å². The SMILES string of the molecule is CC1(C)Cc2c(c(N3CCN(C(=O)Cc4ccccc4)CC3)[nH]c(=S)c2C#N)CO1. The highest BCUT2D eigenvalue weighted by atomic mass is 32.1. The smallest absolute Gasteiger partial charge is 0.227 e. The molecule has 1 fully saturated rings. The van der Waals surface area contributed by atoms with E-state index >= 15 is 0 Å². The van der Waals surface area contributed by atoms with Crippen LogP contribution in [0.1, 0.15) is 36.1 Å². The molecule has 4 rings (SSSR count). The van der Waals surface area contributed by atoms with E-state index in [0.29, 0.717) is 55.8 Å². The molecule has 3 heterocycles. The number of aromatic amines is 1. The van der Waals surface area contributed by atoms with Crippen molar-refractivity contribution in [1.82, 2.24) is 9.88 Å². The summed E-state index contributed by atoms with van der Waals surface area (Å²) in [6.45, 7) is 7.27. The number of nitrogens with zero attached hydrogens (tertiary/aromatic N) is 3. The number of amides is 1. The number of hydrogen-bond acceptors (Lipinski definition) is 5. The molecule has 2 aliphatic heterocycles. The van der Waals surface area contributed by atoms with E-state index < -0.39 is 0 Å². The molecule has 2 aromatic rings. The predicted octanol–water partition coefficient (Wildman–Crippen LogP) is 3.36. The van der Waals surface area contributed by atoms with Gasteiger partial charge >= 0.3 is 0 Å². The fraction of sp³-hybridized carbons (Fsp3) is 0.435. The number of aromatic nitrogens is 1. The Kier molecular flexibility index (Phi) is 5.63. The summed E-state index contributed by atoms with van der Waals surface area (Å²) < 4.78 is 6.51. The molecule has 1 saturated heterocycles. The van der Waals surface area contributed by atoms with Crippen LogP contribution in [0.4, 0.5) is 5.82 Å². The molecule has 30 heavy (non-hydrogen) atoms. The molecule has 0 spiro atoms. The van der Waals surface area contributed by atoms with Gasteiger partial charge < -0.3 is 19.5 Å². The summed E-state index contributed by atoms with van der Waals surface area (Å²) in [5.41, 5.74) is 3.28. The molecule has 0 atom stereocenters. The lowest BCUT2D eigenvalue weighted by molar-refractivity contribution is -0.130. The Bertz CT molecular complexity index is 1050. The molecule has 1 N–H and O–H groups in total. The van der Waals surface area contributed by atoms with E-state index in [9.17, 15) is 10.1 Å². The Morgan fingerprint density at radius 3 is 2.57 bits per heavy atom. The second kappa shape index (κ2) is 8.21. The average Bonchev–Trinajstić information content (AvgIpc) is 2.73. The van der Waals surface area contributed by atoms with Gasteiger partial charge in [0.1, 0.15) is 16.5 Å². The fourth-order valence-electron chi connectivity index (χ4n) is 4.22. The Morgan fingerprint density at radius 2 is 1.90 bits per heavy atom. The van der Waals surface area contributed by atoms with Crippen LogP contribution in [0.25, 0.3) is 0 Å². The largest absolute Gasteiger partial charge is 0.370 e. The number of ether oxygens (including phenoxy) is 1. The van der Waals surface area contributed by atoms with Crippen LogP contribution in [0, 0.1) is 16.0 Å². The summed E-state index contributed by atoms with van der Waals surface area (Å²) in [5.74, 6) is 1.08. The first-order chi connectivity index (χ1) is 14.4. The third kappa shape index (κ3) is 4.11. The van der Waals surface area contributed by atoms with Gasteiger partial charge in [-0.2, -0.15) is 5.26 Å². The lowest BCUT2D eigenvalue weighted by atomic mass is 9.89. The van der Waals surface area contributed by atoms with Gasteiger partial charge in [-0.05, 0) is 25.0 Å². The normalized spacial score (nSPS) is 17.9. The van der Waals surface area contributed by atoms with Crippen LogP contribution in [0.3, 0.4) is 0 Å². The maximum Gasteiger partial charge on any atom is 0.227 e. The molecule has 0 bridgehead atoms. The molecule has 2 aliphatic rings. The van der Waals surface area contributed by atoms with E-state index in [1.54, 1.807) is 0 Å². The molecule has 7 heteroatoms. The highest BCUT2D eigenvalue weighted by molar-refractivity contribution is 7.71. The third-order valence-corrected chi connectivity index (χ3v) is 6.19. The van der Waals surface area contributed by atoms with E-state index in [2.05, 4.69) is 16.0 Å². The van der Waals surface area contributed by atoms with Crippen molar-refractivity contribution in [3.05, 3.63) is 57.2 Å². The van der Waals surface area contributed by atoms with Crippen molar-refractivity contribution in [3.63, 3.8) is 0 Å². The lowest BCUT2D eigenvalue weighted by Gasteiger charge is -2.39. The summed E-state index contributed by atoms with van der Waals surface area (Å²) in [4.78, 5) is 20.1. The Labute approximate surface area is 182 Å². The number of benzene rings is 1. The van der Waals surface area contributed by atoms with Gasteiger partial charge in [-0.15, -0.1) is 0 Å². The van der Waals surface area contributed by atoms with Gasteiger partial charge in [0, 0.05) is 38.2 Å². The highest BCUT2D eigenvalue weighted by Crippen LogP contribution is 2.35. The first kappa shape index (κ1) is 20.6. The van der Waals surface area contributed by atoms with Crippen molar-refractivity contribution >= 4 is 23.9 Å². The molecule has 1 aromatic carbocycles. The number of hydrogen-bond donors (Lipinski definition) is 1. The van der Waals surface area contributed by atoms with Crippen LogP contribution < -0.4 is 4.90 Å². The van der Waals surface area contributed by atoms with Crippen LogP contribution in [0.2, 0.25) is 0 Å². The summed E-state index contributed by atoms with van der Waals surface area (Å²) >= 11 is 5.50. The van der Waals surface area contributed by atoms with Gasteiger partial charge in [-0.1, -0.05) is 42.5 Å². The van der Waals surface area contributed by atoms with Crippen LogP contribution in [-0.2, 0) is 29.0 Å². The summed E-state index contributed by atoms with van der Waals surface area (Å²) in [6.07, 6.45) is 1.09. The van der Waals surface area contributed by atoms with Crippen LogP contribution in [-0.4, -0.2) is 47.6 Å². The molecule has 0 aliphatic carbocycles. The molecule has 0 saturated carbocycles. The quantitative estimate of drug-likeness (QED) is 0.768. The maximum atomic E-state index is 12.7. The molecule has 6 nitrogen and oxygen atoms in total. The van der Waals surface area contributed by atoms with Crippen molar-refractivity contribution in [1.29, 1.82) is 5.26 Å². The predicted molar refractivity (Wildman–Crippen MR) is 118 cm³/mol. The second-order valence-electron chi connectivity index (χ2n) is 8.50. The first-order valence-corrected chi connectivity index (χ1v) is 10.7. The van der Waals surface area contributed by atoms with Gasteiger partial charge in [-0.25, -0.2) is 0 Å². The molecular formula is C23H26N4O2S. The minimum atomic E-state index is -0.318. The second-order valence-corrected chi connectivity index (χ2v) is 8.91. The van der Waals surface area contributed by atoms with Gasteiger partial charge in [0.25, 0.3) is 0 Å². The maximum absolute atomic E-state index is 12.7. The molecule has 0 unspecified atom stereocenters. The number of piperazine rings is 1. The highest BCUT2D eigenvalue weighted by Gasteiger charge is 2.32. The fourth-order valence-corrected chi connectivity index (χ4v) is 4.49. The topological polar surface area (TPSA) is 72.4 Å². The zero-order chi connectivity index (χ0) is 21.3. The number of carbonyl (C=O) groups is 1. The minimum absolute atomic E-state index is 0.153. The summed E-state index contributed by atoms with van der Waals surface area (Å²) in [5, 5.41) is 9.63. The van der Waals surface area contributed by atoms with E-state index in [0.717, 1.165) is 22.5 Å². The zero-order valence-electron chi connectivity index (χ0n) is 17.4. The first-order valence-electron chi connectivity index (χ1n) is 10.3. The number of nitriles is 1. The Hall–Kier alpha value is -2.69. The van der Waals surface area contributed by atoms with Crippen LogP contribution in [0.15, 0.2) is 30.3 Å². The minimum Gasteiger partial charge on any atom is -0.370 e. The molecule has 0 radical (unpaired) electrons. The van der Waals surface area contributed by atoms with Gasteiger partial charge in [0.05, 0.1) is 24.2 Å². The van der Waals surface area contributed by atoms with Gasteiger partial charge in [-0.3, -0.25) is 4.79 Å². The van der Waals surface area contributed by atoms with E-state index in [-0.39, 0.29) is 11.5 Å². The number of nitrogens with one attached hydrogen (secondary N) is 1. The Morgan fingerprint density at radius 1 is 1.20 bits per heavy atom. The van der Waals surface area contributed by atoms with E-state index in [1.165, 1.54) is 0 Å². The number of fused-ring (bicyclic) bond motifs is 1. The molecule has 1 aromatic heterocycles. The van der Waals surface area contributed by atoms with Gasteiger partial charge in [0.15, 0.2) is 0 Å². The summed E-state index contributed by atoms with van der Waals surface area (Å²) in [7, 11) is 0. The molecule has 1 amide bonds. The molecular weight excluding hydrogens is 396 g/mol. The Balaban J connectivity index is 1.51. The number of pyridine rings is 1. The van der Waals surface area contributed by atoms with E-state index in [4.69, 9.17) is 17.0 Å². The average molecular weight is 423 g/mol. The number of rotatable bonds is 3. The van der Waals surface area contributed by atoms with Crippen LogP contribution >= 0.6 is 12.2 Å². The van der Waals surface area contributed by atoms with Crippen LogP contribution in [0.5, 0.6) is 0 Å². The van der Waals surface area contributed by atoms with Crippen molar-refractivity contribution in [2.45, 2.75) is 38.9 Å². The van der Waals surface area contributed by atoms with Crippen molar-refractivity contribution < 1.29 is 9.53 Å². The standard InChI is InChI=1S/C23H26N4O2S/c1-23(2)13-17-18(14-24)22(30)25-21(19(17)15-29-23)27-10-8-26(9-11-27)20(28)12-16-6-4-3-5-7-16/h3-7H,8-13,15H2,1-2H3,(H,25,30). The number of H-pyrrole nitrogens is 1. The van der Waals surface area contributed by atoms with Crippen molar-refractivity contribution in [2.75, 3.05) is 31.1 Å². The lowest BCUT2D eigenvalue weighted by Crippen LogP contribution is -2.50. The number of anilines is 1. The van der Waals surface area contributed by atoms with Crippen molar-refractivity contribution in [2.24, 2.45) is 0 Å². The van der Waals surface area contributed by atoms with E-state index in [1.807, 2.05) is 49.1 Å². The number of carbonyl (C=O) groups excluding carboxylic acids is 1. The third-order valence-electron chi connectivity index (χ3n) is 5.88. The monoisotopic (exact) mass is 422 g/mol. The molecule has 156 valence electrons. The van der Waals surface area contributed by atoms with Crippen molar-refractivity contribution in [3.8, 4) is 6.07 Å². The summed E-state index contributed by atoms with van der Waals surface area (Å²) in [6, 6.07) is 12.1. The zero-order valence-corrected chi connectivity index (χ0v) is 18.2.